The minimum Gasteiger partial charge on any atom is -0.456 e. The van der Waals surface area contributed by atoms with E-state index in [2.05, 4.69) is 106 Å². The van der Waals surface area contributed by atoms with Gasteiger partial charge in [-0.3, -0.25) is 8.80 Å². The predicted octanol–water partition coefficient (Wildman–Crippen LogP) is 8.34. The van der Waals surface area contributed by atoms with Gasteiger partial charge in [-0.2, -0.15) is 0 Å². The van der Waals surface area contributed by atoms with E-state index in [0.717, 1.165) is 72.1 Å². The molecule has 5 aromatic carbocycles. The van der Waals surface area contributed by atoms with Gasteiger partial charge in [0.2, 0.25) is 11.6 Å². The SMILES string of the molecule is CC1(C)c2ccccc2-c2cc3c(cc21)nc1n3c2cccc3c2n1c1nc2cc4oc5ccccc5c4cc2n31. The van der Waals surface area contributed by atoms with Crippen LogP contribution in [0.25, 0.3) is 83.2 Å². The molecule has 0 fully saturated rings. The molecule has 0 saturated heterocycles. The Bertz CT molecular complexity index is 2780. The molecule has 0 N–H and O–H groups in total. The summed E-state index contributed by atoms with van der Waals surface area (Å²) in [5, 5.41) is 2.23. The van der Waals surface area contributed by atoms with Crippen molar-refractivity contribution >= 4 is 72.1 Å². The van der Waals surface area contributed by atoms with Crippen LogP contribution < -0.4 is 0 Å². The lowest BCUT2D eigenvalue weighted by Crippen LogP contribution is -2.14. The molecule has 5 aromatic heterocycles. The predicted molar refractivity (Wildman–Crippen MR) is 163 cm³/mol. The van der Waals surface area contributed by atoms with Crippen LogP contribution in [0.5, 0.6) is 0 Å². The van der Waals surface area contributed by atoms with E-state index in [9.17, 15) is 0 Å². The summed E-state index contributed by atoms with van der Waals surface area (Å²) in [6, 6.07) is 32.5. The molecule has 6 heteroatoms. The maximum Gasteiger partial charge on any atom is 0.223 e. The molecule has 5 heterocycles. The molecule has 11 rings (SSSR count). The maximum atomic E-state index is 6.19. The van der Waals surface area contributed by atoms with Gasteiger partial charge in [0.15, 0.2) is 0 Å². The molecular weight excluding hydrogens is 506 g/mol. The molecule has 10 aromatic rings. The van der Waals surface area contributed by atoms with E-state index in [-0.39, 0.29) is 5.41 Å². The highest BCUT2D eigenvalue weighted by atomic mass is 16.3. The number of fused-ring (bicyclic) bond motifs is 16. The summed E-state index contributed by atoms with van der Waals surface area (Å²) in [7, 11) is 0. The summed E-state index contributed by atoms with van der Waals surface area (Å²) in [5.41, 5.74) is 14.5. The maximum absolute atomic E-state index is 6.19. The Hall–Kier alpha value is -5.36. The number of rotatable bonds is 0. The first kappa shape index (κ1) is 20.5. The number of hydrogen-bond donors (Lipinski definition) is 0. The number of para-hydroxylation sites is 2. The van der Waals surface area contributed by atoms with Gasteiger partial charge < -0.3 is 4.42 Å². The van der Waals surface area contributed by atoms with Crippen molar-refractivity contribution in [2.75, 3.05) is 0 Å². The van der Waals surface area contributed by atoms with Crippen molar-refractivity contribution in [3.05, 3.63) is 102 Å². The summed E-state index contributed by atoms with van der Waals surface area (Å²) in [5.74, 6) is 1.76. The molecule has 1 aliphatic rings. The molecule has 6 nitrogen and oxygen atoms in total. The van der Waals surface area contributed by atoms with Crippen LogP contribution in [-0.4, -0.2) is 23.2 Å². The van der Waals surface area contributed by atoms with Crippen LogP contribution >= 0.6 is 0 Å². The van der Waals surface area contributed by atoms with Crippen LogP contribution in [0.4, 0.5) is 0 Å². The fourth-order valence-corrected chi connectivity index (χ4v) is 7.72. The number of aromatic nitrogens is 5. The minimum absolute atomic E-state index is 0.0675. The Balaban J connectivity index is 1.30. The largest absolute Gasteiger partial charge is 0.456 e. The Morgan fingerprint density at radius 2 is 1.27 bits per heavy atom. The molecule has 0 amide bonds. The van der Waals surface area contributed by atoms with Crippen LogP contribution in [-0.2, 0) is 5.41 Å². The zero-order valence-electron chi connectivity index (χ0n) is 22.3. The topological polar surface area (TPSA) is 52.2 Å². The Labute approximate surface area is 232 Å². The van der Waals surface area contributed by atoms with Crippen LogP contribution in [0.2, 0.25) is 0 Å². The van der Waals surface area contributed by atoms with Crippen LogP contribution in [0.3, 0.4) is 0 Å². The van der Waals surface area contributed by atoms with E-state index in [1.807, 2.05) is 12.1 Å². The molecule has 0 atom stereocenters. The van der Waals surface area contributed by atoms with Gasteiger partial charge in [0.1, 0.15) is 16.7 Å². The summed E-state index contributed by atoms with van der Waals surface area (Å²) < 4.78 is 13.0. The molecule has 41 heavy (non-hydrogen) atoms. The molecule has 1 aliphatic carbocycles. The molecule has 0 bridgehead atoms. The van der Waals surface area contributed by atoms with Crippen molar-refractivity contribution in [3.8, 4) is 11.1 Å². The molecule has 0 saturated carbocycles. The van der Waals surface area contributed by atoms with Gasteiger partial charge in [0, 0.05) is 22.3 Å². The average molecular weight is 528 g/mol. The Kier molecular flexibility index (Phi) is 3.17. The summed E-state index contributed by atoms with van der Waals surface area (Å²) in [6.07, 6.45) is 0. The molecule has 0 spiro atoms. The molecule has 0 radical (unpaired) electrons. The van der Waals surface area contributed by atoms with Gasteiger partial charge in [0.25, 0.3) is 0 Å². The van der Waals surface area contributed by atoms with Crippen molar-refractivity contribution in [2.24, 2.45) is 0 Å². The third-order valence-corrected chi connectivity index (χ3v) is 9.57. The summed E-state index contributed by atoms with van der Waals surface area (Å²) in [4.78, 5) is 10.4. The number of benzene rings is 5. The zero-order valence-corrected chi connectivity index (χ0v) is 22.3. The molecule has 192 valence electrons. The Morgan fingerprint density at radius 3 is 2.10 bits per heavy atom. The third-order valence-electron chi connectivity index (χ3n) is 9.57. The van der Waals surface area contributed by atoms with Gasteiger partial charge in [-0.1, -0.05) is 62.4 Å². The smallest absolute Gasteiger partial charge is 0.223 e. The normalized spacial score (nSPS) is 14.8. The first-order valence-electron chi connectivity index (χ1n) is 14.0. The van der Waals surface area contributed by atoms with Crippen molar-refractivity contribution in [3.63, 3.8) is 0 Å². The van der Waals surface area contributed by atoms with Gasteiger partial charge >= 0.3 is 0 Å². The van der Waals surface area contributed by atoms with E-state index in [1.54, 1.807) is 0 Å². The lowest BCUT2D eigenvalue weighted by molar-refractivity contribution is 0.661. The van der Waals surface area contributed by atoms with E-state index < -0.39 is 0 Å². The van der Waals surface area contributed by atoms with Crippen LogP contribution in [0.15, 0.2) is 95.4 Å². The highest BCUT2D eigenvalue weighted by Gasteiger charge is 2.36. The first-order chi connectivity index (χ1) is 20.1. The Morgan fingerprint density at radius 1 is 0.561 bits per heavy atom. The quantitative estimate of drug-likeness (QED) is 0.199. The molecule has 0 aliphatic heterocycles. The third kappa shape index (κ3) is 2.16. The van der Waals surface area contributed by atoms with Crippen LogP contribution in [0.1, 0.15) is 25.0 Å². The summed E-state index contributed by atoms with van der Waals surface area (Å²) in [6.45, 7) is 4.63. The lowest BCUT2D eigenvalue weighted by atomic mass is 9.82. The van der Waals surface area contributed by atoms with Gasteiger partial charge in [-0.25, -0.2) is 14.4 Å². The first-order valence-corrected chi connectivity index (χ1v) is 14.0. The minimum atomic E-state index is -0.0675. The highest BCUT2D eigenvalue weighted by molar-refractivity contribution is 6.11. The van der Waals surface area contributed by atoms with Crippen LogP contribution in [0, 0.1) is 0 Å². The second-order valence-electron chi connectivity index (χ2n) is 12.0. The van der Waals surface area contributed by atoms with Gasteiger partial charge in [-0.15, -0.1) is 0 Å². The van der Waals surface area contributed by atoms with E-state index in [0.29, 0.717) is 0 Å². The number of hydrogen-bond acceptors (Lipinski definition) is 3. The number of nitrogens with zero attached hydrogens (tertiary/aromatic N) is 5. The molecular formula is C35H21N5O. The number of furan rings is 1. The standard InChI is InChI=1S/C35H21N5O/c1-35(2)22-10-5-3-8-18(22)20-14-28-24(16-23(20)35)36-33-38(28)26-11-7-12-27-32(26)40(33)34-37-25-17-31-21(15-29(25)39(27)34)19-9-4-6-13-30(19)41-31/h3-17H,1-2H3. The fourth-order valence-electron chi connectivity index (χ4n) is 7.72. The van der Waals surface area contributed by atoms with Crippen molar-refractivity contribution in [1.29, 1.82) is 0 Å². The molecule has 0 unspecified atom stereocenters. The van der Waals surface area contributed by atoms with E-state index in [1.165, 1.54) is 22.3 Å². The van der Waals surface area contributed by atoms with Gasteiger partial charge in [-0.05, 0) is 58.7 Å². The average Bonchev–Trinajstić information content (AvgIpc) is 3.79. The van der Waals surface area contributed by atoms with Crippen molar-refractivity contribution < 1.29 is 4.42 Å². The van der Waals surface area contributed by atoms with Gasteiger partial charge in [0.05, 0.1) is 33.1 Å². The monoisotopic (exact) mass is 527 g/mol. The number of imidazole rings is 4. The highest BCUT2D eigenvalue weighted by Crippen LogP contribution is 2.50. The lowest BCUT2D eigenvalue weighted by Gasteiger charge is -2.21. The van der Waals surface area contributed by atoms with E-state index in [4.69, 9.17) is 14.4 Å². The van der Waals surface area contributed by atoms with Crippen molar-refractivity contribution in [2.45, 2.75) is 19.3 Å². The second kappa shape index (κ2) is 6.34. The van der Waals surface area contributed by atoms with Crippen molar-refractivity contribution in [1.82, 2.24) is 23.2 Å². The zero-order chi connectivity index (χ0) is 26.8. The summed E-state index contributed by atoms with van der Waals surface area (Å²) >= 11 is 0. The fraction of sp³-hybridized carbons (Fsp3) is 0.0857. The second-order valence-corrected chi connectivity index (χ2v) is 12.0. The van der Waals surface area contributed by atoms with E-state index >= 15 is 0 Å².